The number of rotatable bonds is 9. The summed E-state index contributed by atoms with van der Waals surface area (Å²) in [6, 6.07) is 9.35. The van der Waals surface area contributed by atoms with Gasteiger partial charge in [-0.05, 0) is 25.6 Å². The van der Waals surface area contributed by atoms with Crippen LogP contribution in [-0.2, 0) is 4.79 Å². The molecule has 0 aliphatic carbocycles. The van der Waals surface area contributed by atoms with E-state index in [9.17, 15) is 9.90 Å². The topological polar surface area (TPSA) is 61.8 Å². The van der Waals surface area contributed by atoms with Crippen LogP contribution < -0.4 is 10.1 Å². The minimum absolute atomic E-state index is 0.0227. The fraction of sp³-hybridized carbons (Fsp3) is 0.533. The zero-order valence-corrected chi connectivity index (χ0v) is 12.2. The Hall–Kier alpha value is -1.59. The Morgan fingerprint density at radius 3 is 2.75 bits per heavy atom. The molecule has 1 amide bonds. The molecule has 0 aromatic heterocycles. The molecule has 5 heteroatoms. The van der Waals surface area contributed by atoms with Gasteiger partial charge in [-0.1, -0.05) is 25.1 Å². The number of para-hydroxylation sites is 1. The maximum Gasteiger partial charge on any atom is 0.234 e. The highest BCUT2D eigenvalue weighted by Gasteiger charge is 2.11. The van der Waals surface area contributed by atoms with Gasteiger partial charge in [-0.15, -0.1) is 0 Å². The first-order valence-corrected chi connectivity index (χ1v) is 6.93. The van der Waals surface area contributed by atoms with Crippen molar-refractivity contribution in [3.8, 4) is 5.75 Å². The van der Waals surface area contributed by atoms with Crippen molar-refractivity contribution in [3.63, 3.8) is 0 Å². The molecule has 0 saturated carbocycles. The zero-order chi connectivity index (χ0) is 14.8. The fourth-order valence-electron chi connectivity index (χ4n) is 1.75. The Bertz CT molecular complexity index is 384. The van der Waals surface area contributed by atoms with Gasteiger partial charge >= 0.3 is 0 Å². The SMILES string of the molecule is CCCNC(=O)CN(C)C[C@@H](O)COc1ccccc1. The van der Waals surface area contributed by atoms with E-state index in [0.717, 1.165) is 12.2 Å². The van der Waals surface area contributed by atoms with Gasteiger partial charge in [0, 0.05) is 13.1 Å². The molecular formula is C15H24N2O3. The van der Waals surface area contributed by atoms with Crippen LogP contribution in [0.4, 0.5) is 0 Å². The minimum Gasteiger partial charge on any atom is -0.491 e. The average molecular weight is 280 g/mol. The summed E-state index contributed by atoms with van der Waals surface area (Å²) < 4.78 is 5.46. The molecule has 0 radical (unpaired) electrons. The molecule has 0 heterocycles. The Kier molecular flexibility index (Phi) is 7.69. The standard InChI is InChI=1S/C15H24N2O3/c1-3-9-16-15(19)11-17(2)10-13(18)12-20-14-7-5-4-6-8-14/h4-8,13,18H,3,9-12H2,1-2H3,(H,16,19)/t13-/m1/s1. The van der Waals surface area contributed by atoms with Crippen molar-refractivity contribution in [3.05, 3.63) is 30.3 Å². The van der Waals surface area contributed by atoms with Gasteiger partial charge in [0.2, 0.25) is 5.91 Å². The first-order chi connectivity index (χ1) is 9.61. The van der Waals surface area contributed by atoms with Crippen molar-refractivity contribution in [1.82, 2.24) is 10.2 Å². The lowest BCUT2D eigenvalue weighted by Gasteiger charge is -2.20. The third-order valence-corrected chi connectivity index (χ3v) is 2.69. The van der Waals surface area contributed by atoms with Crippen LogP contribution in [0.15, 0.2) is 30.3 Å². The molecule has 1 rings (SSSR count). The van der Waals surface area contributed by atoms with Crippen molar-refractivity contribution < 1.29 is 14.6 Å². The zero-order valence-electron chi connectivity index (χ0n) is 12.2. The van der Waals surface area contributed by atoms with Crippen LogP contribution in [0.1, 0.15) is 13.3 Å². The summed E-state index contributed by atoms with van der Waals surface area (Å²) in [6.45, 7) is 3.58. The van der Waals surface area contributed by atoms with E-state index in [2.05, 4.69) is 5.32 Å². The molecule has 0 saturated heterocycles. The molecule has 0 spiro atoms. The van der Waals surface area contributed by atoms with Gasteiger partial charge < -0.3 is 15.2 Å². The number of nitrogens with zero attached hydrogens (tertiary/aromatic N) is 1. The molecule has 20 heavy (non-hydrogen) atoms. The minimum atomic E-state index is -0.626. The molecule has 0 fully saturated rings. The number of ether oxygens (including phenoxy) is 1. The van der Waals surface area contributed by atoms with E-state index >= 15 is 0 Å². The summed E-state index contributed by atoms with van der Waals surface area (Å²) >= 11 is 0. The van der Waals surface area contributed by atoms with Crippen molar-refractivity contribution in [2.75, 3.05) is 33.3 Å². The monoisotopic (exact) mass is 280 g/mol. The predicted molar refractivity (Wildman–Crippen MR) is 78.7 cm³/mol. The number of carbonyl (C=O) groups excluding carboxylic acids is 1. The quantitative estimate of drug-likeness (QED) is 0.705. The van der Waals surface area contributed by atoms with Crippen LogP contribution in [0.5, 0.6) is 5.75 Å². The number of likely N-dealkylation sites (N-methyl/N-ethyl adjacent to an activating group) is 1. The second-order valence-electron chi connectivity index (χ2n) is 4.82. The normalized spacial score (nSPS) is 12.2. The number of aliphatic hydroxyl groups excluding tert-OH is 1. The molecule has 0 aliphatic heterocycles. The third kappa shape index (κ3) is 7.11. The number of hydrogen-bond acceptors (Lipinski definition) is 4. The second-order valence-corrected chi connectivity index (χ2v) is 4.82. The summed E-state index contributed by atoms with van der Waals surface area (Å²) in [5.41, 5.74) is 0. The summed E-state index contributed by atoms with van der Waals surface area (Å²) in [5.74, 6) is 0.709. The second kappa shape index (κ2) is 9.34. The Labute approximate surface area is 120 Å². The molecule has 0 bridgehead atoms. The lowest BCUT2D eigenvalue weighted by molar-refractivity contribution is -0.122. The number of aliphatic hydroxyl groups is 1. The van der Waals surface area contributed by atoms with Gasteiger partial charge in [0.25, 0.3) is 0 Å². The van der Waals surface area contributed by atoms with Crippen molar-refractivity contribution in [2.24, 2.45) is 0 Å². The molecule has 1 atom stereocenters. The molecule has 1 aromatic rings. The lowest BCUT2D eigenvalue weighted by atomic mass is 10.3. The molecule has 112 valence electrons. The Morgan fingerprint density at radius 2 is 2.10 bits per heavy atom. The van der Waals surface area contributed by atoms with Gasteiger partial charge in [0.1, 0.15) is 18.5 Å². The van der Waals surface area contributed by atoms with Crippen LogP contribution in [-0.4, -0.2) is 55.3 Å². The van der Waals surface area contributed by atoms with Gasteiger partial charge in [-0.3, -0.25) is 9.69 Å². The van der Waals surface area contributed by atoms with E-state index in [-0.39, 0.29) is 19.1 Å². The molecular weight excluding hydrogens is 256 g/mol. The highest BCUT2D eigenvalue weighted by molar-refractivity contribution is 5.77. The van der Waals surface area contributed by atoms with E-state index in [1.54, 1.807) is 11.9 Å². The number of benzene rings is 1. The van der Waals surface area contributed by atoms with Gasteiger partial charge in [0.05, 0.1) is 6.54 Å². The van der Waals surface area contributed by atoms with Crippen LogP contribution in [0.2, 0.25) is 0 Å². The van der Waals surface area contributed by atoms with E-state index in [1.165, 1.54) is 0 Å². The number of nitrogens with one attached hydrogen (secondary N) is 1. The Balaban J connectivity index is 2.20. The third-order valence-electron chi connectivity index (χ3n) is 2.69. The molecule has 0 aliphatic rings. The van der Waals surface area contributed by atoms with Crippen LogP contribution in [0.25, 0.3) is 0 Å². The van der Waals surface area contributed by atoms with Crippen LogP contribution in [0.3, 0.4) is 0 Å². The van der Waals surface area contributed by atoms with Crippen LogP contribution >= 0.6 is 0 Å². The molecule has 0 unspecified atom stereocenters. The van der Waals surface area contributed by atoms with Gasteiger partial charge in [-0.2, -0.15) is 0 Å². The molecule has 2 N–H and O–H groups in total. The fourth-order valence-corrected chi connectivity index (χ4v) is 1.75. The molecule has 1 aromatic carbocycles. The maximum atomic E-state index is 11.5. The maximum absolute atomic E-state index is 11.5. The average Bonchev–Trinajstić information content (AvgIpc) is 2.44. The van der Waals surface area contributed by atoms with Crippen molar-refractivity contribution >= 4 is 5.91 Å². The van der Waals surface area contributed by atoms with E-state index in [4.69, 9.17) is 4.74 Å². The first-order valence-electron chi connectivity index (χ1n) is 6.93. The number of hydrogen-bond donors (Lipinski definition) is 2. The van der Waals surface area contributed by atoms with Crippen LogP contribution in [0, 0.1) is 0 Å². The number of carbonyl (C=O) groups is 1. The van der Waals surface area contributed by atoms with Gasteiger partial charge in [-0.25, -0.2) is 0 Å². The van der Waals surface area contributed by atoms with E-state index in [0.29, 0.717) is 13.1 Å². The van der Waals surface area contributed by atoms with Crippen molar-refractivity contribution in [2.45, 2.75) is 19.4 Å². The smallest absolute Gasteiger partial charge is 0.234 e. The first kappa shape index (κ1) is 16.5. The molecule has 5 nitrogen and oxygen atoms in total. The highest BCUT2D eigenvalue weighted by Crippen LogP contribution is 2.08. The van der Waals surface area contributed by atoms with E-state index < -0.39 is 6.10 Å². The van der Waals surface area contributed by atoms with E-state index in [1.807, 2.05) is 37.3 Å². The summed E-state index contributed by atoms with van der Waals surface area (Å²) in [7, 11) is 1.80. The summed E-state index contributed by atoms with van der Waals surface area (Å²) in [4.78, 5) is 13.3. The number of amides is 1. The largest absolute Gasteiger partial charge is 0.491 e. The lowest BCUT2D eigenvalue weighted by Crippen LogP contribution is -2.40. The summed E-state index contributed by atoms with van der Waals surface area (Å²) in [6.07, 6.45) is 0.294. The highest BCUT2D eigenvalue weighted by atomic mass is 16.5. The summed E-state index contributed by atoms with van der Waals surface area (Å²) in [5, 5.41) is 12.7. The Morgan fingerprint density at radius 1 is 1.40 bits per heavy atom. The predicted octanol–water partition coefficient (Wildman–Crippen LogP) is 0.884. The van der Waals surface area contributed by atoms with Gasteiger partial charge in [0.15, 0.2) is 0 Å². The van der Waals surface area contributed by atoms with Crippen molar-refractivity contribution in [1.29, 1.82) is 0 Å².